The van der Waals surface area contributed by atoms with Gasteiger partial charge in [-0.05, 0) is 92.0 Å². The summed E-state index contributed by atoms with van der Waals surface area (Å²) in [7, 11) is 0. The van der Waals surface area contributed by atoms with Crippen LogP contribution >= 0.6 is 0 Å². The number of amides is 4. The van der Waals surface area contributed by atoms with Crippen LogP contribution < -0.4 is 16.4 Å². The van der Waals surface area contributed by atoms with Gasteiger partial charge in [0.1, 0.15) is 6.61 Å². The molecule has 6 atom stereocenters. The molecule has 330 valence electrons. The Labute approximate surface area is 357 Å². The number of imide groups is 1. The van der Waals surface area contributed by atoms with Crippen molar-refractivity contribution in [1.29, 1.82) is 0 Å². The van der Waals surface area contributed by atoms with Crippen LogP contribution in [0.2, 0.25) is 0 Å². The fourth-order valence-electron chi connectivity index (χ4n) is 7.90. The molecule has 60 heavy (non-hydrogen) atoms. The number of fused-ring (bicyclic) bond motifs is 1. The smallest absolute Gasteiger partial charge is 0.418 e. The molecule has 1 heterocycles. The first-order chi connectivity index (χ1) is 28.8. The third-order valence-corrected chi connectivity index (χ3v) is 11.1. The molecule has 1 aliphatic heterocycles. The van der Waals surface area contributed by atoms with Crippen LogP contribution in [0.5, 0.6) is 0 Å². The van der Waals surface area contributed by atoms with E-state index in [2.05, 4.69) is 10.6 Å². The van der Waals surface area contributed by atoms with Crippen LogP contribution in [0.4, 0.5) is 4.79 Å². The normalized spacial score (nSPS) is 17.3. The van der Waals surface area contributed by atoms with Crippen molar-refractivity contribution in [3.05, 3.63) is 83.9 Å². The average molecular weight is 831 g/mol. The van der Waals surface area contributed by atoms with Crippen molar-refractivity contribution < 1.29 is 38.5 Å². The number of nitrogens with one attached hydrogen (secondary N) is 2. The van der Waals surface area contributed by atoms with E-state index in [9.17, 15) is 19.5 Å². The Balaban J connectivity index is 1.77. The summed E-state index contributed by atoms with van der Waals surface area (Å²) < 4.78 is 17.6. The van der Waals surface area contributed by atoms with Crippen LogP contribution in [-0.2, 0) is 40.7 Å². The maximum atomic E-state index is 15.6. The summed E-state index contributed by atoms with van der Waals surface area (Å²) in [5.74, 6) is -1.93. The number of nitrogens with zero attached hydrogens (tertiary/aromatic N) is 1. The van der Waals surface area contributed by atoms with Gasteiger partial charge >= 0.3 is 6.09 Å². The van der Waals surface area contributed by atoms with E-state index in [-0.39, 0.29) is 43.5 Å². The number of ether oxygens (including phenoxy) is 3. The number of rotatable bonds is 23. The molecule has 5 N–H and O–H groups in total. The minimum absolute atomic E-state index is 0.0160. The van der Waals surface area contributed by atoms with E-state index < -0.39 is 47.6 Å². The zero-order chi connectivity index (χ0) is 43.7. The first-order valence-electron chi connectivity index (χ1n) is 22.1. The highest BCUT2D eigenvalue weighted by Crippen LogP contribution is 2.40. The summed E-state index contributed by atoms with van der Waals surface area (Å²) in [6.45, 7) is 12.9. The number of aliphatic hydroxyl groups excluding tert-OH is 1. The first kappa shape index (κ1) is 48.3. The second-order valence-electron chi connectivity index (χ2n) is 17.2. The molecule has 1 fully saturated rings. The number of carbonyl (C=O) groups is 4. The lowest BCUT2D eigenvalue weighted by Gasteiger charge is -2.43. The Kier molecular flexibility index (Phi) is 19.5. The Hall–Kier alpha value is -4.36. The van der Waals surface area contributed by atoms with Gasteiger partial charge in [-0.1, -0.05) is 120 Å². The van der Waals surface area contributed by atoms with Gasteiger partial charge in [0.25, 0.3) is 5.91 Å². The molecule has 12 heteroatoms. The molecule has 2 unspecified atom stereocenters. The minimum Gasteiger partial charge on any atom is -0.444 e. The fraction of sp³-hybridized carbons (Fsp3) is 0.583. The summed E-state index contributed by atoms with van der Waals surface area (Å²) in [4.78, 5) is 59.3. The number of hydrogen-bond acceptors (Lipinski definition) is 9. The fourth-order valence-corrected chi connectivity index (χ4v) is 7.90. The van der Waals surface area contributed by atoms with Gasteiger partial charge in [0.15, 0.2) is 11.8 Å². The first-order valence-corrected chi connectivity index (χ1v) is 22.1. The maximum absolute atomic E-state index is 15.6. The van der Waals surface area contributed by atoms with Crippen molar-refractivity contribution in [3.63, 3.8) is 0 Å². The predicted octanol–water partition coefficient (Wildman–Crippen LogP) is 7.73. The molecule has 4 rings (SSSR count). The van der Waals surface area contributed by atoms with Crippen molar-refractivity contribution in [2.75, 3.05) is 19.8 Å². The molecular weight excluding hydrogens is 761 g/mol. The standard InChI is InChI=1S/C48H70N4O8/c1-7-8-26-48(40-24-16-21-37-20-12-13-23-39(37)40,52(45(55)35(6)49)47(57)60-32-36-18-10-9-11-19-36)46(56)51-41(29-33(2)3)42(53)30-38(44(54)50-31-34(4)5)22-17-28-59-43-25-14-15-27-58-43/h9-13,16,18-21,23-24,33-35,38,41-43,53H,7-8,14-15,17,22,25-32,49H2,1-6H3,(H,50,54)(H,51,56)/t35-,38?,41-,42-,43?,48+/m0/s1. The van der Waals surface area contributed by atoms with Crippen molar-refractivity contribution >= 4 is 34.6 Å². The van der Waals surface area contributed by atoms with E-state index >= 15 is 4.79 Å². The quantitative estimate of drug-likeness (QED) is 0.0699. The van der Waals surface area contributed by atoms with Gasteiger partial charge < -0.3 is 35.7 Å². The van der Waals surface area contributed by atoms with Gasteiger partial charge in [-0.25, -0.2) is 9.69 Å². The van der Waals surface area contributed by atoms with Gasteiger partial charge in [0, 0.05) is 25.7 Å². The van der Waals surface area contributed by atoms with Crippen LogP contribution in [-0.4, -0.2) is 78.1 Å². The Bertz CT molecular complexity index is 1790. The molecular formula is C48H70N4O8. The molecule has 1 saturated heterocycles. The molecule has 4 amide bonds. The molecule has 0 radical (unpaired) electrons. The molecule has 0 aromatic heterocycles. The predicted molar refractivity (Wildman–Crippen MR) is 234 cm³/mol. The average Bonchev–Trinajstić information content (AvgIpc) is 3.24. The summed E-state index contributed by atoms with van der Waals surface area (Å²) in [5.41, 5.74) is 5.50. The lowest BCUT2D eigenvalue weighted by Crippen LogP contribution is -2.64. The van der Waals surface area contributed by atoms with Gasteiger partial charge in [-0.3, -0.25) is 14.4 Å². The third-order valence-electron chi connectivity index (χ3n) is 11.1. The van der Waals surface area contributed by atoms with Crippen molar-refractivity contribution in [2.24, 2.45) is 23.5 Å². The lowest BCUT2D eigenvalue weighted by molar-refractivity contribution is -0.163. The summed E-state index contributed by atoms with van der Waals surface area (Å²) in [6.07, 6.45) is 3.09. The summed E-state index contributed by atoms with van der Waals surface area (Å²) in [5, 5.41) is 19.9. The molecule has 0 spiro atoms. The SMILES string of the molecule is CCCC[C@](C(=O)N[C@@H](CC(C)C)[C@@H](O)CC(CCCOC1CCCCO1)C(=O)NCC(C)C)(c1cccc2ccccc12)N(C(=O)OCc1ccccc1)C(=O)[C@H](C)N. The molecule has 0 saturated carbocycles. The number of benzene rings is 3. The summed E-state index contributed by atoms with van der Waals surface area (Å²) in [6, 6.07) is 20.1. The third kappa shape index (κ3) is 13.6. The Morgan fingerprint density at radius 2 is 1.63 bits per heavy atom. The highest BCUT2D eigenvalue weighted by atomic mass is 16.7. The highest BCUT2D eigenvalue weighted by molar-refractivity contribution is 6.05. The molecule has 3 aromatic carbocycles. The second-order valence-corrected chi connectivity index (χ2v) is 17.2. The van der Waals surface area contributed by atoms with Crippen LogP contribution in [0.25, 0.3) is 10.8 Å². The molecule has 3 aromatic rings. The van der Waals surface area contributed by atoms with E-state index in [1.807, 2.05) is 83.1 Å². The largest absolute Gasteiger partial charge is 0.444 e. The van der Waals surface area contributed by atoms with Crippen LogP contribution in [0, 0.1) is 17.8 Å². The van der Waals surface area contributed by atoms with Crippen LogP contribution in [0.3, 0.4) is 0 Å². The van der Waals surface area contributed by atoms with Crippen molar-refractivity contribution in [1.82, 2.24) is 15.5 Å². The lowest BCUT2D eigenvalue weighted by atomic mass is 9.78. The maximum Gasteiger partial charge on any atom is 0.418 e. The monoisotopic (exact) mass is 831 g/mol. The van der Waals surface area contributed by atoms with Crippen molar-refractivity contribution in [3.8, 4) is 0 Å². The van der Waals surface area contributed by atoms with Crippen molar-refractivity contribution in [2.45, 2.75) is 142 Å². The van der Waals surface area contributed by atoms with E-state index in [0.717, 1.165) is 29.5 Å². The number of carbonyl (C=O) groups excluding carboxylic acids is 4. The zero-order valence-electron chi connectivity index (χ0n) is 36.7. The van der Waals surface area contributed by atoms with E-state index in [0.29, 0.717) is 68.4 Å². The van der Waals surface area contributed by atoms with Crippen LogP contribution in [0.1, 0.15) is 117 Å². The van der Waals surface area contributed by atoms with E-state index in [1.54, 1.807) is 24.3 Å². The summed E-state index contributed by atoms with van der Waals surface area (Å²) >= 11 is 0. The van der Waals surface area contributed by atoms with E-state index in [1.165, 1.54) is 6.92 Å². The van der Waals surface area contributed by atoms with Gasteiger partial charge in [-0.2, -0.15) is 0 Å². The van der Waals surface area contributed by atoms with Crippen LogP contribution in [0.15, 0.2) is 72.8 Å². The number of hydrogen-bond donors (Lipinski definition) is 4. The van der Waals surface area contributed by atoms with Gasteiger partial charge in [0.2, 0.25) is 11.8 Å². The number of aliphatic hydroxyl groups is 1. The Morgan fingerprint density at radius 1 is 0.917 bits per heavy atom. The zero-order valence-corrected chi connectivity index (χ0v) is 36.7. The molecule has 1 aliphatic rings. The minimum atomic E-state index is -1.95. The van der Waals surface area contributed by atoms with E-state index in [4.69, 9.17) is 19.9 Å². The number of nitrogens with two attached hydrogens (primary N) is 1. The molecule has 0 aliphatic carbocycles. The molecule has 12 nitrogen and oxygen atoms in total. The van der Waals surface area contributed by atoms with Gasteiger partial charge in [0.05, 0.1) is 18.2 Å². The van der Waals surface area contributed by atoms with Gasteiger partial charge in [-0.15, -0.1) is 0 Å². The number of unbranched alkanes of at least 4 members (excludes halogenated alkanes) is 1. The topological polar surface area (TPSA) is 170 Å². The highest BCUT2D eigenvalue weighted by Gasteiger charge is 2.53. The molecule has 0 bridgehead atoms. The Morgan fingerprint density at radius 3 is 2.30 bits per heavy atom. The second kappa shape index (κ2) is 24.2.